The van der Waals surface area contributed by atoms with Crippen molar-refractivity contribution in [2.75, 3.05) is 5.73 Å². The zero-order chi connectivity index (χ0) is 12.6. The van der Waals surface area contributed by atoms with Gasteiger partial charge >= 0.3 is 0 Å². The smallest absolute Gasteiger partial charge is 0.172 e. The first kappa shape index (κ1) is 11.6. The summed E-state index contributed by atoms with van der Waals surface area (Å²) in [5.41, 5.74) is 8.10. The van der Waals surface area contributed by atoms with E-state index in [0.29, 0.717) is 17.1 Å². The number of nitrogen functional groups attached to an aromatic ring is 1. The first-order valence-electron chi connectivity index (χ1n) is 5.51. The van der Waals surface area contributed by atoms with Gasteiger partial charge < -0.3 is 10.3 Å². The van der Waals surface area contributed by atoms with Gasteiger partial charge in [0.25, 0.3) is 0 Å². The number of nitrogens with zero attached hydrogens (tertiary/aromatic N) is 1. The summed E-state index contributed by atoms with van der Waals surface area (Å²) in [6.07, 6.45) is 0. The number of rotatable bonds is 2. The Kier molecular flexibility index (Phi) is 2.88. The summed E-state index contributed by atoms with van der Waals surface area (Å²) in [4.78, 5) is 0. The lowest BCUT2D eigenvalue weighted by Crippen LogP contribution is -1.95. The van der Waals surface area contributed by atoms with E-state index in [9.17, 15) is 4.39 Å². The first-order valence-corrected chi connectivity index (χ1v) is 5.51. The SMILES string of the molecule is Cc1cc(F)cc(-c2onc(N)c2C(C)C)c1. The molecule has 4 heteroatoms. The van der Waals surface area contributed by atoms with Crippen molar-refractivity contribution >= 4 is 5.82 Å². The minimum absolute atomic E-state index is 0.180. The van der Waals surface area contributed by atoms with Crippen LogP contribution in [-0.4, -0.2) is 5.16 Å². The zero-order valence-corrected chi connectivity index (χ0v) is 10.1. The van der Waals surface area contributed by atoms with Crippen molar-refractivity contribution in [2.45, 2.75) is 26.7 Å². The Bertz CT molecular complexity index is 526. The van der Waals surface area contributed by atoms with Crippen LogP contribution in [-0.2, 0) is 0 Å². The predicted molar refractivity (Wildman–Crippen MR) is 65.1 cm³/mol. The molecular formula is C13H15FN2O. The largest absolute Gasteiger partial charge is 0.381 e. The third-order valence-electron chi connectivity index (χ3n) is 2.64. The van der Waals surface area contributed by atoms with Gasteiger partial charge in [0.15, 0.2) is 11.6 Å². The van der Waals surface area contributed by atoms with E-state index in [2.05, 4.69) is 5.16 Å². The van der Waals surface area contributed by atoms with Gasteiger partial charge in [0.1, 0.15) is 5.82 Å². The van der Waals surface area contributed by atoms with Crippen molar-refractivity contribution in [3.05, 3.63) is 35.1 Å². The summed E-state index contributed by atoms with van der Waals surface area (Å²) in [6, 6.07) is 4.76. The van der Waals surface area contributed by atoms with Crippen molar-refractivity contribution < 1.29 is 8.91 Å². The van der Waals surface area contributed by atoms with Gasteiger partial charge in [-0.2, -0.15) is 0 Å². The zero-order valence-electron chi connectivity index (χ0n) is 10.1. The molecule has 1 aromatic carbocycles. The Labute approximate surface area is 99.4 Å². The van der Waals surface area contributed by atoms with Crippen molar-refractivity contribution in [3.8, 4) is 11.3 Å². The van der Waals surface area contributed by atoms with E-state index in [4.69, 9.17) is 10.3 Å². The molecule has 0 aliphatic rings. The van der Waals surface area contributed by atoms with Crippen LogP contribution in [0.5, 0.6) is 0 Å². The van der Waals surface area contributed by atoms with Crippen LogP contribution in [0.25, 0.3) is 11.3 Å². The lowest BCUT2D eigenvalue weighted by atomic mass is 9.98. The maximum Gasteiger partial charge on any atom is 0.172 e. The second-order valence-electron chi connectivity index (χ2n) is 4.48. The van der Waals surface area contributed by atoms with Crippen LogP contribution in [0, 0.1) is 12.7 Å². The Morgan fingerprint density at radius 2 is 2.00 bits per heavy atom. The molecule has 0 fully saturated rings. The van der Waals surface area contributed by atoms with Gasteiger partial charge in [0.2, 0.25) is 0 Å². The van der Waals surface area contributed by atoms with Gasteiger partial charge in [-0.05, 0) is 36.6 Å². The van der Waals surface area contributed by atoms with E-state index in [1.165, 1.54) is 12.1 Å². The molecule has 0 saturated heterocycles. The minimum atomic E-state index is -0.287. The van der Waals surface area contributed by atoms with Gasteiger partial charge in [0.05, 0.1) is 0 Å². The Balaban J connectivity index is 2.60. The summed E-state index contributed by atoms with van der Waals surface area (Å²) in [5.74, 6) is 0.821. The number of hydrogen-bond acceptors (Lipinski definition) is 3. The molecule has 0 amide bonds. The second kappa shape index (κ2) is 4.20. The fourth-order valence-electron chi connectivity index (χ4n) is 1.94. The molecule has 2 aromatic rings. The number of aromatic nitrogens is 1. The average molecular weight is 234 g/mol. The molecule has 0 radical (unpaired) electrons. The molecule has 0 aliphatic heterocycles. The number of aryl methyl sites for hydroxylation is 1. The van der Waals surface area contributed by atoms with Crippen LogP contribution in [0.15, 0.2) is 22.7 Å². The Morgan fingerprint density at radius 3 is 2.59 bits per heavy atom. The van der Waals surface area contributed by atoms with Gasteiger partial charge in [-0.1, -0.05) is 19.0 Å². The fraction of sp³-hybridized carbons (Fsp3) is 0.308. The van der Waals surface area contributed by atoms with E-state index in [1.807, 2.05) is 26.8 Å². The highest BCUT2D eigenvalue weighted by Gasteiger charge is 2.19. The molecule has 0 aliphatic carbocycles. The van der Waals surface area contributed by atoms with E-state index in [-0.39, 0.29) is 11.7 Å². The Hall–Kier alpha value is -1.84. The second-order valence-corrected chi connectivity index (χ2v) is 4.48. The van der Waals surface area contributed by atoms with Crippen molar-refractivity contribution in [3.63, 3.8) is 0 Å². The summed E-state index contributed by atoms with van der Waals surface area (Å²) in [6.45, 7) is 5.83. The summed E-state index contributed by atoms with van der Waals surface area (Å²) in [5, 5.41) is 3.75. The molecule has 3 nitrogen and oxygen atoms in total. The van der Waals surface area contributed by atoms with Crippen LogP contribution < -0.4 is 5.73 Å². The predicted octanol–water partition coefficient (Wildman–Crippen LogP) is 3.49. The van der Waals surface area contributed by atoms with Crippen molar-refractivity contribution in [1.82, 2.24) is 5.16 Å². The molecule has 0 atom stereocenters. The van der Waals surface area contributed by atoms with Gasteiger partial charge in [-0.15, -0.1) is 0 Å². The lowest BCUT2D eigenvalue weighted by Gasteiger charge is -2.06. The molecule has 1 aromatic heterocycles. The third kappa shape index (κ3) is 2.16. The molecule has 2 N–H and O–H groups in total. The number of halogens is 1. The minimum Gasteiger partial charge on any atom is -0.381 e. The number of benzene rings is 1. The molecule has 1 heterocycles. The molecule has 90 valence electrons. The van der Waals surface area contributed by atoms with E-state index in [0.717, 1.165) is 11.1 Å². The standard InChI is InChI=1S/C13H15FN2O/c1-7(2)11-12(17-16-13(11)15)9-4-8(3)5-10(14)6-9/h4-7H,1-3H3,(H2,15,16). The molecule has 0 saturated carbocycles. The summed E-state index contributed by atoms with van der Waals surface area (Å²) < 4.78 is 18.6. The van der Waals surface area contributed by atoms with Crippen molar-refractivity contribution in [1.29, 1.82) is 0 Å². The molecule has 0 spiro atoms. The van der Waals surface area contributed by atoms with E-state index >= 15 is 0 Å². The number of nitrogens with two attached hydrogens (primary N) is 1. The highest BCUT2D eigenvalue weighted by Crippen LogP contribution is 2.34. The van der Waals surface area contributed by atoms with Gasteiger partial charge in [-0.3, -0.25) is 0 Å². The molecular weight excluding hydrogens is 219 g/mol. The van der Waals surface area contributed by atoms with Crippen molar-refractivity contribution in [2.24, 2.45) is 0 Å². The molecule has 2 rings (SSSR count). The topological polar surface area (TPSA) is 52.0 Å². The number of hydrogen-bond donors (Lipinski definition) is 1. The maximum absolute atomic E-state index is 13.4. The normalized spacial score (nSPS) is 11.1. The maximum atomic E-state index is 13.4. The van der Waals surface area contributed by atoms with Crippen LogP contribution in [0.4, 0.5) is 10.2 Å². The van der Waals surface area contributed by atoms with Crippen LogP contribution in [0.1, 0.15) is 30.9 Å². The molecule has 0 unspecified atom stereocenters. The third-order valence-corrected chi connectivity index (χ3v) is 2.64. The van der Waals surface area contributed by atoms with Crippen LogP contribution in [0.3, 0.4) is 0 Å². The quantitative estimate of drug-likeness (QED) is 0.865. The van der Waals surface area contributed by atoms with Gasteiger partial charge in [-0.25, -0.2) is 4.39 Å². The van der Waals surface area contributed by atoms with Gasteiger partial charge in [0, 0.05) is 11.1 Å². The molecule has 0 bridgehead atoms. The first-order chi connectivity index (χ1) is 7.99. The van der Waals surface area contributed by atoms with Crippen LogP contribution >= 0.6 is 0 Å². The lowest BCUT2D eigenvalue weighted by molar-refractivity contribution is 0.434. The summed E-state index contributed by atoms with van der Waals surface area (Å²) >= 11 is 0. The molecule has 17 heavy (non-hydrogen) atoms. The highest BCUT2D eigenvalue weighted by molar-refractivity contribution is 5.67. The summed E-state index contributed by atoms with van der Waals surface area (Å²) in [7, 11) is 0. The highest BCUT2D eigenvalue weighted by atomic mass is 19.1. The average Bonchev–Trinajstić information content (AvgIpc) is 2.58. The monoisotopic (exact) mass is 234 g/mol. The Morgan fingerprint density at radius 1 is 1.29 bits per heavy atom. The van der Waals surface area contributed by atoms with Crippen LogP contribution in [0.2, 0.25) is 0 Å². The van der Waals surface area contributed by atoms with E-state index < -0.39 is 0 Å². The number of anilines is 1. The fourth-order valence-corrected chi connectivity index (χ4v) is 1.94. The van der Waals surface area contributed by atoms with E-state index in [1.54, 1.807) is 0 Å².